The average molecular weight is 291 g/mol. The van der Waals surface area contributed by atoms with Gasteiger partial charge < -0.3 is 5.32 Å². The SMILES string of the molecule is CC(C)C1CCCC(NC(c2ccc(F)cc2)C(C)C)C1. The number of hydrogen-bond donors (Lipinski definition) is 1. The van der Waals surface area contributed by atoms with E-state index in [1.165, 1.54) is 31.2 Å². The van der Waals surface area contributed by atoms with Gasteiger partial charge in [0.15, 0.2) is 0 Å². The molecule has 1 aliphatic rings. The number of rotatable bonds is 5. The molecule has 0 amide bonds. The third-order valence-corrected chi connectivity index (χ3v) is 4.97. The summed E-state index contributed by atoms with van der Waals surface area (Å²) in [5.74, 6) is 1.98. The first-order chi connectivity index (χ1) is 9.97. The van der Waals surface area contributed by atoms with Gasteiger partial charge in [-0.05, 0) is 48.3 Å². The van der Waals surface area contributed by atoms with Crippen molar-refractivity contribution >= 4 is 0 Å². The molecular weight excluding hydrogens is 261 g/mol. The zero-order valence-electron chi connectivity index (χ0n) is 13.9. The molecule has 1 nitrogen and oxygen atoms in total. The molecule has 2 rings (SSSR count). The lowest BCUT2D eigenvalue weighted by molar-refractivity contribution is 0.210. The summed E-state index contributed by atoms with van der Waals surface area (Å²) >= 11 is 0. The molecule has 1 N–H and O–H groups in total. The van der Waals surface area contributed by atoms with E-state index in [0.29, 0.717) is 18.0 Å². The first kappa shape index (κ1) is 16.5. The van der Waals surface area contributed by atoms with Crippen molar-refractivity contribution in [2.75, 3.05) is 0 Å². The van der Waals surface area contributed by atoms with Gasteiger partial charge in [0.25, 0.3) is 0 Å². The summed E-state index contributed by atoms with van der Waals surface area (Å²) < 4.78 is 13.1. The lowest BCUT2D eigenvalue weighted by Gasteiger charge is -2.36. The first-order valence-electron chi connectivity index (χ1n) is 8.49. The fourth-order valence-corrected chi connectivity index (χ4v) is 3.58. The normalized spacial score (nSPS) is 24.5. The second kappa shape index (κ2) is 7.40. The predicted octanol–water partition coefficient (Wildman–Crippen LogP) is 5.33. The van der Waals surface area contributed by atoms with Crippen LogP contribution in [0.3, 0.4) is 0 Å². The molecule has 1 aromatic rings. The molecule has 0 bridgehead atoms. The monoisotopic (exact) mass is 291 g/mol. The summed E-state index contributed by atoms with van der Waals surface area (Å²) in [6.45, 7) is 9.16. The van der Waals surface area contributed by atoms with Crippen molar-refractivity contribution in [2.24, 2.45) is 17.8 Å². The van der Waals surface area contributed by atoms with Gasteiger partial charge in [-0.15, -0.1) is 0 Å². The summed E-state index contributed by atoms with van der Waals surface area (Å²) in [4.78, 5) is 0. The van der Waals surface area contributed by atoms with Crippen LogP contribution >= 0.6 is 0 Å². The summed E-state index contributed by atoms with van der Waals surface area (Å²) in [6.07, 6.45) is 5.25. The Bertz CT molecular complexity index is 424. The molecule has 0 aromatic heterocycles. The maximum Gasteiger partial charge on any atom is 0.123 e. The van der Waals surface area contributed by atoms with E-state index in [9.17, 15) is 4.39 Å². The zero-order valence-corrected chi connectivity index (χ0v) is 13.9. The van der Waals surface area contributed by atoms with E-state index in [0.717, 1.165) is 11.8 Å². The summed E-state index contributed by atoms with van der Waals surface area (Å²) in [5, 5.41) is 3.85. The topological polar surface area (TPSA) is 12.0 Å². The first-order valence-corrected chi connectivity index (χ1v) is 8.49. The van der Waals surface area contributed by atoms with Crippen molar-refractivity contribution in [3.8, 4) is 0 Å². The summed E-state index contributed by atoms with van der Waals surface area (Å²) in [6, 6.07) is 7.92. The van der Waals surface area contributed by atoms with Crippen LogP contribution in [-0.2, 0) is 0 Å². The van der Waals surface area contributed by atoms with Crippen molar-refractivity contribution in [2.45, 2.75) is 65.5 Å². The third kappa shape index (κ3) is 4.54. The van der Waals surface area contributed by atoms with Crippen molar-refractivity contribution in [3.05, 3.63) is 35.6 Å². The lowest BCUT2D eigenvalue weighted by atomic mass is 9.78. The highest BCUT2D eigenvalue weighted by Gasteiger charge is 2.27. The largest absolute Gasteiger partial charge is 0.307 e. The Morgan fingerprint density at radius 1 is 1.05 bits per heavy atom. The van der Waals surface area contributed by atoms with Gasteiger partial charge in [-0.2, -0.15) is 0 Å². The van der Waals surface area contributed by atoms with Gasteiger partial charge in [-0.1, -0.05) is 52.7 Å². The average Bonchev–Trinajstić information content (AvgIpc) is 2.46. The van der Waals surface area contributed by atoms with Crippen LogP contribution in [0.25, 0.3) is 0 Å². The van der Waals surface area contributed by atoms with Gasteiger partial charge in [0, 0.05) is 12.1 Å². The number of benzene rings is 1. The molecule has 21 heavy (non-hydrogen) atoms. The molecule has 0 saturated heterocycles. The summed E-state index contributed by atoms with van der Waals surface area (Å²) in [7, 11) is 0. The molecule has 3 atom stereocenters. The molecular formula is C19H30FN. The van der Waals surface area contributed by atoms with E-state index in [1.54, 1.807) is 12.1 Å². The zero-order chi connectivity index (χ0) is 15.4. The Morgan fingerprint density at radius 3 is 2.29 bits per heavy atom. The van der Waals surface area contributed by atoms with E-state index >= 15 is 0 Å². The second-order valence-corrected chi connectivity index (χ2v) is 7.31. The molecule has 1 aromatic carbocycles. The van der Waals surface area contributed by atoms with Crippen molar-refractivity contribution in [1.29, 1.82) is 0 Å². The van der Waals surface area contributed by atoms with Crippen LogP contribution in [0.1, 0.15) is 65.0 Å². The fraction of sp³-hybridized carbons (Fsp3) is 0.684. The molecule has 0 spiro atoms. The van der Waals surface area contributed by atoms with Crippen LogP contribution in [0.4, 0.5) is 4.39 Å². The Morgan fingerprint density at radius 2 is 1.71 bits per heavy atom. The van der Waals surface area contributed by atoms with Crippen LogP contribution in [-0.4, -0.2) is 6.04 Å². The maximum absolute atomic E-state index is 13.1. The highest BCUT2D eigenvalue weighted by molar-refractivity contribution is 5.20. The van der Waals surface area contributed by atoms with Crippen molar-refractivity contribution < 1.29 is 4.39 Å². The quantitative estimate of drug-likeness (QED) is 0.773. The second-order valence-electron chi connectivity index (χ2n) is 7.31. The Labute approximate surface area is 129 Å². The van der Waals surface area contributed by atoms with E-state index in [-0.39, 0.29) is 5.82 Å². The van der Waals surface area contributed by atoms with Gasteiger partial charge >= 0.3 is 0 Å². The van der Waals surface area contributed by atoms with Gasteiger partial charge in [-0.3, -0.25) is 0 Å². The molecule has 0 radical (unpaired) electrons. The minimum absolute atomic E-state index is 0.154. The van der Waals surface area contributed by atoms with Crippen LogP contribution in [0.15, 0.2) is 24.3 Å². The summed E-state index contributed by atoms with van der Waals surface area (Å²) in [5.41, 5.74) is 1.21. The predicted molar refractivity (Wildman–Crippen MR) is 87.7 cm³/mol. The highest BCUT2D eigenvalue weighted by atomic mass is 19.1. The van der Waals surface area contributed by atoms with Gasteiger partial charge in [0.1, 0.15) is 5.82 Å². The van der Waals surface area contributed by atoms with Crippen LogP contribution < -0.4 is 5.32 Å². The van der Waals surface area contributed by atoms with E-state index in [4.69, 9.17) is 0 Å². The molecule has 1 saturated carbocycles. The number of hydrogen-bond acceptors (Lipinski definition) is 1. The third-order valence-electron chi connectivity index (χ3n) is 4.97. The smallest absolute Gasteiger partial charge is 0.123 e. The Hall–Kier alpha value is -0.890. The minimum atomic E-state index is -0.154. The van der Waals surface area contributed by atoms with Gasteiger partial charge in [-0.25, -0.2) is 4.39 Å². The fourth-order valence-electron chi connectivity index (χ4n) is 3.58. The van der Waals surface area contributed by atoms with Crippen molar-refractivity contribution in [3.63, 3.8) is 0 Å². The van der Waals surface area contributed by atoms with Gasteiger partial charge in [0.2, 0.25) is 0 Å². The van der Waals surface area contributed by atoms with E-state index in [1.807, 2.05) is 12.1 Å². The minimum Gasteiger partial charge on any atom is -0.307 e. The Kier molecular flexibility index (Phi) is 5.80. The lowest BCUT2D eigenvalue weighted by Crippen LogP contribution is -2.39. The maximum atomic E-state index is 13.1. The number of nitrogens with one attached hydrogen (secondary N) is 1. The molecule has 2 heteroatoms. The van der Waals surface area contributed by atoms with Crippen molar-refractivity contribution in [1.82, 2.24) is 5.32 Å². The molecule has 0 aliphatic heterocycles. The molecule has 0 heterocycles. The van der Waals surface area contributed by atoms with Crippen LogP contribution in [0.2, 0.25) is 0 Å². The molecule has 118 valence electrons. The van der Waals surface area contributed by atoms with E-state index in [2.05, 4.69) is 33.0 Å². The number of halogens is 1. The van der Waals surface area contributed by atoms with Crippen LogP contribution in [0.5, 0.6) is 0 Å². The molecule has 3 unspecified atom stereocenters. The molecule has 1 fully saturated rings. The Balaban J connectivity index is 2.04. The molecule has 1 aliphatic carbocycles. The standard InChI is InChI=1S/C19H30FN/c1-13(2)16-6-5-7-18(12-16)21-19(14(3)4)15-8-10-17(20)11-9-15/h8-11,13-14,16,18-19,21H,5-7,12H2,1-4H3. The van der Waals surface area contributed by atoms with Crippen LogP contribution in [0, 0.1) is 23.6 Å². The van der Waals surface area contributed by atoms with Gasteiger partial charge in [0.05, 0.1) is 0 Å². The van der Waals surface area contributed by atoms with E-state index < -0.39 is 0 Å². The highest BCUT2D eigenvalue weighted by Crippen LogP contribution is 2.32.